The van der Waals surface area contributed by atoms with Crippen molar-refractivity contribution in [2.75, 3.05) is 19.0 Å². The molecule has 0 spiro atoms. The summed E-state index contributed by atoms with van der Waals surface area (Å²) in [5, 5.41) is 3.33. The van der Waals surface area contributed by atoms with Gasteiger partial charge in [-0.3, -0.25) is 4.98 Å². The average molecular weight is 451 g/mol. The van der Waals surface area contributed by atoms with E-state index in [1.165, 1.54) is 7.11 Å². The standard InChI is InChI=1S/C25H26N2O4S/c1-17-6-8-20(9-7-17)32(29,30)21-10-11-22-18(14-21)4-3-5-19(22)15-27-24-16-26-13-12-23(24)25(28)31-2/h6-14,16,19,27H,3-5,15H2,1-2H3/t19-/m1/s1. The fourth-order valence-electron chi connectivity index (χ4n) is 4.18. The second-order valence-corrected chi connectivity index (χ2v) is 10.0. The summed E-state index contributed by atoms with van der Waals surface area (Å²) in [7, 11) is -2.20. The normalized spacial score (nSPS) is 15.6. The van der Waals surface area contributed by atoms with Crippen molar-refractivity contribution in [1.82, 2.24) is 4.98 Å². The number of esters is 1. The number of nitrogens with one attached hydrogen (secondary N) is 1. The zero-order valence-electron chi connectivity index (χ0n) is 18.2. The molecule has 4 rings (SSSR count). The molecule has 1 atom stereocenters. The van der Waals surface area contributed by atoms with Crippen molar-refractivity contribution >= 4 is 21.5 Å². The van der Waals surface area contributed by atoms with E-state index < -0.39 is 15.8 Å². The second kappa shape index (κ2) is 9.12. The van der Waals surface area contributed by atoms with Gasteiger partial charge in [-0.1, -0.05) is 23.8 Å². The molecular weight excluding hydrogens is 424 g/mol. The molecule has 3 aromatic rings. The SMILES string of the molecule is COC(=O)c1ccncc1NC[C@H]1CCCc2cc(S(=O)(=O)c3ccc(C)cc3)ccc21. The van der Waals surface area contributed by atoms with E-state index in [1.54, 1.807) is 36.7 Å². The first-order chi connectivity index (χ1) is 15.4. The van der Waals surface area contributed by atoms with E-state index in [0.29, 0.717) is 27.6 Å². The van der Waals surface area contributed by atoms with Crippen LogP contribution in [0.5, 0.6) is 0 Å². The van der Waals surface area contributed by atoms with Gasteiger partial charge in [0.15, 0.2) is 0 Å². The molecule has 1 N–H and O–H groups in total. The summed E-state index contributed by atoms with van der Waals surface area (Å²) in [6.45, 7) is 2.55. The van der Waals surface area contributed by atoms with Crippen LogP contribution in [0.1, 0.15) is 45.8 Å². The Hall–Kier alpha value is -3.19. The van der Waals surface area contributed by atoms with Crippen LogP contribution in [-0.2, 0) is 21.0 Å². The summed E-state index contributed by atoms with van der Waals surface area (Å²) in [6, 6.07) is 14.0. The number of nitrogens with zero attached hydrogens (tertiary/aromatic N) is 1. The van der Waals surface area contributed by atoms with Gasteiger partial charge in [-0.25, -0.2) is 13.2 Å². The largest absolute Gasteiger partial charge is 0.465 e. The molecule has 2 aromatic carbocycles. The highest BCUT2D eigenvalue weighted by atomic mass is 32.2. The molecule has 1 aromatic heterocycles. The van der Waals surface area contributed by atoms with Gasteiger partial charge in [-0.15, -0.1) is 0 Å². The van der Waals surface area contributed by atoms with Gasteiger partial charge < -0.3 is 10.1 Å². The molecule has 1 heterocycles. The molecule has 6 nitrogen and oxygen atoms in total. The van der Waals surface area contributed by atoms with Gasteiger partial charge in [0.25, 0.3) is 0 Å². The number of carbonyl (C=O) groups excluding carboxylic acids is 1. The molecule has 0 amide bonds. The number of fused-ring (bicyclic) bond motifs is 1. The van der Waals surface area contributed by atoms with E-state index >= 15 is 0 Å². The summed E-state index contributed by atoms with van der Waals surface area (Å²) in [5.41, 5.74) is 4.31. The highest BCUT2D eigenvalue weighted by Gasteiger charge is 2.24. The number of methoxy groups -OCH3 is 1. The van der Waals surface area contributed by atoms with Crippen LogP contribution in [0.4, 0.5) is 5.69 Å². The number of aryl methyl sites for hydroxylation is 2. The number of hydrogen-bond acceptors (Lipinski definition) is 6. The van der Waals surface area contributed by atoms with Crippen molar-refractivity contribution in [3.05, 3.63) is 83.2 Å². The van der Waals surface area contributed by atoms with Gasteiger partial charge in [-0.2, -0.15) is 0 Å². The minimum Gasteiger partial charge on any atom is -0.465 e. The van der Waals surface area contributed by atoms with E-state index in [0.717, 1.165) is 36.0 Å². The zero-order chi connectivity index (χ0) is 22.7. The Morgan fingerprint density at radius 3 is 2.62 bits per heavy atom. The molecule has 0 saturated heterocycles. The van der Waals surface area contributed by atoms with Gasteiger partial charge in [0.05, 0.1) is 34.3 Å². The Bertz CT molecular complexity index is 1240. The molecule has 32 heavy (non-hydrogen) atoms. The van der Waals surface area contributed by atoms with E-state index in [-0.39, 0.29) is 5.92 Å². The highest BCUT2D eigenvalue weighted by molar-refractivity contribution is 7.91. The number of hydrogen-bond donors (Lipinski definition) is 1. The first kappa shape index (κ1) is 22.0. The van der Waals surface area contributed by atoms with Crippen molar-refractivity contribution in [3.63, 3.8) is 0 Å². The van der Waals surface area contributed by atoms with Crippen LogP contribution in [0, 0.1) is 6.92 Å². The first-order valence-corrected chi connectivity index (χ1v) is 12.1. The van der Waals surface area contributed by atoms with Crippen molar-refractivity contribution in [3.8, 4) is 0 Å². The summed E-state index contributed by atoms with van der Waals surface area (Å²) in [6.07, 6.45) is 5.99. The van der Waals surface area contributed by atoms with Crippen LogP contribution in [0.15, 0.2) is 70.7 Å². The van der Waals surface area contributed by atoms with Crippen molar-refractivity contribution in [2.24, 2.45) is 0 Å². The lowest BCUT2D eigenvalue weighted by Gasteiger charge is -2.27. The molecule has 0 radical (unpaired) electrons. The van der Waals surface area contributed by atoms with Crippen molar-refractivity contribution in [1.29, 1.82) is 0 Å². The first-order valence-electron chi connectivity index (χ1n) is 10.6. The van der Waals surface area contributed by atoms with Gasteiger partial charge in [0.2, 0.25) is 9.84 Å². The molecule has 7 heteroatoms. The van der Waals surface area contributed by atoms with E-state index in [1.807, 2.05) is 31.2 Å². The Balaban J connectivity index is 1.57. The Morgan fingerprint density at radius 1 is 1.12 bits per heavy atom. The Kier molecular flexibility index (Phi) is 6.28. The third kappa shape index (κ3) is 4.39. The molecule has 0 saturated carbocycles. The summed E-state index contributed by atoms with van der Waals surface area (Å²) in [5.74, 6) is -0.203. The molecule has 0 bridgehead atoms. The Morgan fingerprint density at radius 2 is 1.88 bits per heavy atom. The number of ether oxygens (including phenoxy) is 1. The quantitative estimate of drug-likeness (QED) is 0.555. The second-order valence-electron chi connectivity index (χ2n) is 8.06. The van der Waals surface area contributed by atoms with Crippen molar-refractivity contribution < 1.29 is 17.9 Å². The van der Waals surface area contributed by atoms with Crippen LogP contribution in [-0.4, -0.2) is 33.0 Å². The summed E-state index contributed by atoms with van der Waals surface area (Å²) >= 11 is 0. The van der Waals surface area contributed by atoms with Gasteiger partial charge in [-0.05, 0) is 67.6 Å². The Labute approximate surface area is 188 Å². The summed E-state index contributed by atoms with van der Waals surface area (Å²) < 4.78 is 31.0. The maximum absolute atomic E-state index is 13.1. The molecule has 0 fully saturated rings. The molecule has 0 aliphatic heterocycles. The third-order valence-corrected chi connectivity index (χ3v) is 7.73. The highest BCUT2D eigenvalue weighted by Crippen LogP contribution is 2.34. The predicted molar refractivity (Wildman–Crippen MR) is 123 cm³/mol. The van der Waals surface area contributed by atoms with Crippen LogP contribution < -0.4 is 5.32 Å². The summed E-state index contributed by atoms with van der Waals surface area (Å²) in [4.78, 5) is 16.7. The average Bonchev–Trinajstić information content (AvgIpc) is 2.82. The fourth-order valence-corrected chi connectivity index (χ4v) is 5.49. The maximum Gasteiger partial charge on any atom is 0.340 e. The van der Waals surface area contributed by atoms with Crippen LogP contribution in [0.25, 0.3) is 0 Å². The van der Waals surface area contributed by atoms with Gasteiger partial charge in [0.1, 0.15) is 0 Å². The number of carbonyl (C=O) groups is 1. The monoisotopic (exact) mass is 450 g/mol. The number of pyridine rings is 1. The molecule has 1 aliphatic carbocycles. The van der Waals surface area contributed by atoms with Gasteiger partial charge >= 0.3 is 5.97 Å². The third-order valence-electron chi connectivity index (χ3n) is 5.96. The minimum atomic E-state index is -3.56. The minimum absolute atomic E-state index is 0.209. The number of benzene rings is 2. The predicted octanol–water partition coefficient (Wildman–Crippen LogP) is 4.54. The maximum atomic E-state index is 13.1. The molecular formula is C25H26N2O4S. The van der Waals surface area contributed by atoms with Crippen molar-refractivity contribution in [2.45, 2.75) is 41.9 Å². The van der Waals surface area contributed by atoms with Gasteiger partial charge in [0, 0.05) is 18.7 Å². The van der Waals surface area contributed by atoms with Crippen LogP contribution >= 0.6 is 0 Å². The number of anilines is 1. The van der Waals surface area contributed by atoms with E-state index in [9.17, 15) is 13.2 Å². The van der Waals surface area contributed by atoms with Crippen LogP contribution in [0.2, 0.25) is 0 Å². The lowest BCUT2D eigenvalue weighted by molar-refractivity contribution is 0.0601. The number of rotatable bonds is 6. The number of sulfone groups is 1. The number of aromatic nitrogens is 1. The van der Waals surface area contributed by atoms with E-state index in [2.05, 4.69) is 10.3 Å². The smallest absolute Gasteiger partial charge is 0.340 e. The molecule has 166 valence electrons. The van der Waals surface area contributed by atoms with Crippen LogP contribution in [0.3, 0.4) is 0 Å². The molecule has 1 aliphatic rings. The van der Waals surface area contributed by atoms with E-state index in [4.69, 9.17) is 4.74 Å². The lowest BCUT2D eigenvalue weighted by Crippen LogP contribution is -2.20. The molecule has 0 unspecified atom stereocenters. The zero-order valence-corrected chi connectivity index (χ0v) is 19.0. The topological polar surface area (TPSA) is 85.4 Å². The lowest BCUT2D eigenvalue weighted by atomic mass is 9.83. The fraction of sp³-hybridized carbons (Fsp3) is 0.280.